The number of nitro benzene ring substituents is 1. The minimum Gasteiger partial charge on any atom is -0.259 e. The highest BCUT2D eigenvalue weighted by molar-refractivity contribution is 5.88. The summed E-state index contributed by atoms with van der Waals surface area (Å²) >= 11 is 0. The number of aryl methyl sites for hydroxylation is 1. The molecule has 1 aromatic carbocycles. The molecule has 0 bridgehead atoms. The maximum Gasteiger partial charge on any atom is 0.283 e. The molecular formula is C11H13F2N3O2. The summed E-state index contributed by atoms with van der Waals surface area (Å²) in [6, 6.07) is 4.07. The summed E-state index contributed by atoms with van der Waals surface area (Å²) in [5.41, 5.74) is -0.135. The summed E-state index contributed by atoms with van der Waals surface area (Å²) in [5, 5.41) is 13.9. The van der Waals surface area contributed by atoms with Crippen molar-refractivity contribution in [3.63, 3.8) is 0 Å². The van der Waals surface area contributed by atoms with E-state index in [1.54, 1.807) is 0 Å². The number of hydrogen-bond donors (Lipinski definition) is 0. The van der Waals surface area contributed by atoms with E-state index in [1.807, 2.05) is 13.8 Å². The van der Waals surface area contributed by atoms with Crippen LogP contribution in [0.1, 0.15) is 13.8 Å². The minimum atomic E-state index is -0.948. The Hall–Kier alpha value is -2.05. The predicted molar refractivity (Wildman–Crippen MR) is 63.7 cm³/mol. The van der Waals surface area contributed by atoms with Crippen molar-refractivity contribution >= 4 is 16.6 Å². The van der Waals surface area contributed by atoms with E-state index < -0.39 is 17.5 Å². The van der Waals surface area contributed by atoms with Gasteiger partial charge in [0.05, 0.1) is 17.0 Å². The first-order valence-corrected chi connectivity index (χ1v) is 5.50. The fourth-order valence-corrected chi connectivity index (χ4v) is 1.57. The van der Waals surface area contributed by atoms with Crippen LogP contribution in [0.15, 0.2) is 18.2 Å². The molecule has 0 unspecified atom stereocenters. The highest BCUT2D eigenvalue weighted by Gasteiger charge is 2.20. The van der Waals surface area contributed by atoms with E-state index in [9.17, 15) is 18.9 Å². The van der Waals surface area contributed by atoms with Crippen LogP contribution in [-0.2, 0) is 6.54 Å². The molecule has 0 amide bonds. The van der Waals surface area contributed by atoms with Crippen LogP contribution in [0.3, 0.4) is 0 Å². The lowest BCUT2D eigenvalue weighted by Crippen LogP contribution is -2.01. The van der Waals surface area contributed by atoms with E-state index >= 15 is 0 Å². The van der Waals surface area contributed by atoms with Crippen molar-refractivity contribution in [2.24, 2.45) is 0 Å². The SMILES string of the molecule is CC.O=[N+]([O-])c1cccc2c1c(F)nn2CCF. The number of nitro groups is 1. The topological polar surface area (TPSA) is 61.0 Å². The Kier molecular flexibility index (Phi) is 4.70. The largest absolute Gasteiger partial charge is 0.283 e. The van der Waals surface area contributed by atoms with Crippen molar-refractivity contribution in [1.82, 2.24) is 9.78 Å². The zero-order valence-electron chi connectivity index (χ0n) is 10.1. The molecule has 1 aromatic heterocycles. The van der Waals surface area contributed by atoms with Crippen molar-refractivity contribution in [3.8, 4) is 0 Å². The molecule has 0 atom stereocenters. The normalized spacial score (nSPS) is 10.0. The third-order valence-electron chi connectivity index (χ3n) is 2.21. The van der Waals surface area contributed by atoms with Crippen LogP contribution in [-0.4, -0.2) is 21.4 Å². The van der Waals surface area contributed by atoms with Crippen LogP contribution in [0.2, 0.25) is 0 Å². The molecule has 0 radical (unpaired) electrons. The van der Waals surface area contributed by atoms with E-state index in [0.717, 1.165) is 4.68 Å². The molecule has 98 valence electrons. The Balaban J connectivity index is 0.000000771. The maximum absolute atomic E-state index is 13.4. The number of non-ortho nitro benzene ring substituents is 1. The summed E-state index contributed by atoms with van der Waals surface area (Å²) in [5.74, 6) is -0.948. The molecule has 7 heteroatoms. The third-order valence-corrected chi connectivity index (χ3v) is 2.21. The van der Waals surface area contributed by atoms with Gasteiger partial charge in [0.25, 0.3) is 5.69 Å². The van der Waals surface area contributed by atoms with Gasteiger partial charge in [0.1, 0.15) is 12.1 Å². The van der Waals surface area contributed by atoms with Crippen LogP contribution >= 0.6 is 0 Å². The third kappa shape index (κ3) is 2.44. The molecule has 0 aliphatic rings. The monoisotopic (exact) mass is 257 g/mol. The second kappa shape index (κ2) is 6.04. The molecule has 0 spiro atoms. The number of aromatic nitrogens is 2. The van der Waals surface area contributed by atoms with Crippen LogP contribution in [0.4, 0.5) is 14.5 Å². The van der Waals surface area contributed by atoms with Crippen LogP contribution in [0.25, 0.3) is 10.9 Å². The molecule has 0 aliphatic carbocycles. The number of fused-ring (bicyclic) bond motifs is 1. The second-order valence-corrected chi connectivity index (χ2v) is 3.13. The van der Waals surface area contributed by atoms with Crippen molar-refractivity contribution < 1.29 is 13.7 Å². The molecule has 0 fully saturated rings. The molecule has 5 nitrogen and oxygen atoms in total. The lowest BCUT2D eigenvalue weighted by atomic mass is 10.2. The Morgan fingerprint density at radius 2 is 2.11 bits per heavy atom. The Morgan fingerprint density at radius 3 is 2.67 bits per heavy atom. The minimum absolute atomic E-state index is 0.123. The first kappa shape index (κ1) is 14.0. The molecular weight excluding hydrogens is 244 g/mol. The zero-order chi connectivity index (χ0) is 13.7. The van der Waals surface area contributed by atoms with Gasteiger partial charge in [-0.1, -0.05) is 19.9 Å². The summed E-state index contributed by atoms with van der Waals surface area (Å²) in [6.07, 6.45) is 0. The zero-order valence-corrected chi connectivity index (χ0v) is 10.1. The van der Waals surface area contributed by atoms with Crippen LogP contribution in [0.5, 0.6) is 0 Å². The van der Waals surface area contributed by atoms with Crippen LogP contribution < -0.4 is 0 Å². The first-order valence-electron chi connectivity index (χ1n) is 5.50. The van der Waals surface area contributed by atoms with Gasteiger partial charge in [0.2, 0.25) is 5.95 Å². The van der Waals surface area contributed by atoms with Crippen molar-refractivity contribution in [2.75, 3.05) is 6.67 Å². The van der Waals surface area contributed by atoms with Gasteiger partial charge in [-0.15, -0.1) is 5.10 Å². The lowest BCUT2D eigenvalue weighted by molar-refractivity contribution is -0.383. The molecule has 0 aliphatic heterocycles. The molecule has 0 saturated heterocycles. The maximum atomic E-state index is 13.4. The standard InChI is InChI=1S/C9H7F2N3O2.C2H6/c10-4-5-13-6-2-1-3-7(14(15)16)8(6)9(11)12-13;1-2/h1-3H,4-5H2;1-2H3. The number of benzene rings is 1. The van der Waals surface area contributed by atoms with Gasteiger partial charge >= 0.3 is 0 Å². The van der Waals surface area contributed by atoms with Crippen molar-refractivity contribution in [2.45, 2.75) is 20.4 Å². The van der Waals surface area contributed by atoms with Gasteiger partial charge in [-0.2, -0.15) is 4.39 Å². The van der Waals surface area contributed by atoms with Gasteiger partial charge in [-0.05, 0) is 6.07 Å². The molecule has 1 heterocycles. The average Bonchev–Trinajstić information content (AvgIpc) is 2.69. The van der Waals surface area contributed by atoms with Crippen molar-refractivity contribution in [3.05, 3.63) is 34.3 Å². The summed E-state index contributed by atoms with van der Waals surface area (Å²) < 4.78 is 26.6. The molecule has 2 aromatic rings. The van der Waals surface area contributed by atoms with E-state index in [1.165, 1.54) is 18.2 Å². The average molecular weight is 257 g/mol. The van der Waals surface area contributed by atoms with Gasteiger partial charge in [-0.25, -0.2) is 4.39 Å². The highest BCUT2D eigenvalue weighted by Crippen LogP contribution is 2.27. The van der Waals surface area contributed by atoms with Gasteiger partial charge < -0.3 is 0 Å². The second-order valence-electron chi connectivity index (χ2n) is 3.13. The molecule has 0 N–H and O–H groups in total. The van der Waals surface area contributed by atoms with Gasteiger partial charge in [0.15, 0.2) is 0 Å². The summed E-state index contributed by atoms with van der Waals surface area (Å²) in [6.45, 7) is 3.17. The smallest absolute Gasteiger partial charge is 0.259 e. The van der Waals surface area contributed by atoms with E-state index in [0.29, 0.717) is 0 Å². The predicted octanol–water partition coefficient (Wildman–Crippen LogP) is 3.08. The van der Waals surface area contributed by atoms with Gasteiger partial charge in [0, 0.05) is 6.07 Å². The Bertz CT molecular complexity index is 554. The summed E-state index contributed by atoms with van der Waals surface area (Å²) in [4.78, 5) is 9.97. The van der Waals surface area contributed by atoms with E-state index in [-0.39, 0.29) is 23.1 Å². The number of alkyl halides is 1. The fourth-order valence-electron chi connectivity index (χ4n) is 1.57. The van der Waals surface area contributed by atoms with E-state index in [4.69, 9.17) is 0 Å². The number of nitrogens with zero attached hydrogens (tertiary/aromatic N) is 3. The van der Waals surface area contributed by atoms with Crippen LogP contribution in [0, 0.1) is 16.1 Å². The molecule has 2 rings (SSSR count). The summed E-state index contributed by atoms with van der Waals surface area (Å²) in [7, 11) is 0. The fraction of sp³-hybridized carbons (Fsp3) is 0.364. The van der Waals surface area contributed by atoms with E-state index in [2.05, 4.69) is 5.10 Å². The Morgan fingerprint density at radius 1 is 1.44 bits per heavy atom. The number of halogens is 2. The quantitative estimate of drug-likeness (QED) is 0.627. The first-order chi connectivity index (χ1) is 8.65. The van der Waals surface area contributed by atoms with Crippen molar-refractivity contribution in [1.29, 1.82) is 0 Å². The molecule has 18 heavy (non-hydrogen) atoms. The number of hydrogen-bond acceptors (Lipinski definition) is 3. The Labute approximate surface area is 102 Å². The lowest BCUT2D eigenvalue weighted by Gasteiger charge is -1.98. The highest BCUT2D eigenvalue weighted by atomic mass is 19.1. The van der Waals surface area contributed by atoms with Gasteiger partial charge in [-0.3, -0.25) is 14.8 Å². The number of rotatable bonds is 3. The molecule has 0 saturated carbocycles.